The molecular formula is C20H20N2O3. The van der Waals surface area contributed by atoms with Gasteiger partial charge in [-0.1, -0.05) is 43.3 Å². The number of carbonyl (C=O) groups is 2. The first-order chi connectivity index (χ1) is 12.1. The van der Waals surface area contributed by atoms with E-state index >= 15 is 0 Å². The summed E-state index contributed by atoms with van der Waals surface area (Å²) in [5.74, 6) is -0.148. The van der Waals surface area contributed by atoms with Crippen molar-refractivity contribution in [3.8, 4) is 5.75 Å². The first-order valence-electron chi connectivity index (χ1n) is 8.28. The van der Waals surface area contributed by atoms with Crippen LogP contribution in [0.1, 0.15) is 25.8 Å². The Bertz CT molecular complexity index is 815. The molecule has 0 radical (unpaired) electrons. The number of hydrazine groups is 1. The number of amides is 2. The van der Waals surface area contributed by atoms with E-state index in [1.807, 2.05) is 56.3 Å². The van der Waals surface area contributed by atoms with Crippen LogP contribution in [0.15, 0.2) is 60.2 Å². The molecule has 1 atom stereocenters. The number of benzene rings is 2. The van der Waals surface area contributed by atoms with E-state index in [2.05, 4.69) is 5.43 Å². The number of ether oxygens (including phenoxy) is 1. The van der Waals surface area contributed by atoms with Crippen molar-refractivity contribution in [2.75, 3.05) is 5.01 Å². The lowest BCUT2D eigenvalue weighted by atomic mass is 10.1. The van der Waals surface area contributed by atoms with Crippen molar-refractivity contribution in [2.45, 2.75) is 26.4 Å². The molecule has 0 aliphatic carbocycles. The van der Waals surface area contributed by atoms with E-state index in [0.29, 0.717) is 17.0 Å². The van der Waals surface area contributed by atoms with E-state index in [-0.39, 0.29) is 17.6 Å². The van der Waals surface area contributed by atoms with Gasteiger partial charge in [-0.05, 0) is 37.6 Å². The van der Waals surface area contributed by atoms with Crippen LogP contribution in [0.4, 0.5) is 5.69 Å². The fourth-order valence-corrected chi connectivity index (χ4v) is 2.48. The van der Waals surface area contributed by atoms with Crippen LogP contribution in [-0.4, -0.2) is 17.9 Å². The molecule has 0 aromatic heterocycles. The highest BCUT2D eigenvalue weighted by Crippen LogP contribution is 2.26. The van der Waals surface area contributed by atoms with Crippen LogP contribution in [0, 0.1) is 0 Å². The molecule has 5 nitrogen and oxygen atoms in total. The van der Waals surface area contributed by atoms with Crippen molar-refractivity contribution in [3.05, 3.63) is 65.7 Å². The number of anilines is 1. The van der Waals surface area contributed by atoms with Gasteiger partial charge < -0.3 is 4.74 Å². The normalized spacial score (nSPS) is 16.9. The molecule has 1 heterocycles. The Morgan fingerprint density at radius 2 is 1.76 bits per heavy atom. The van der Waals surface area contributed by atoms with Gasteiger partial charge in [0.15, 0.2) is 0 Å². The molecule has 0 unspecified atom stereocenters. The van der Waals surface area contributed by atoms with Crippen molar-refractivity contribution in [1.29, 1.82) is 0 Å². The SMILES string of the molecule is CC[C@H](C)Oc1ccccc1/C=C1/C(=O)NN(c2ccccc2)C1=O. The first kappa shape index (κ1) is 16.8. The van der Waals surface area contributed by atoms with Gasteiger partial charge in [-0.3, -0.25) is 15.0 Å². The molecule has 1 saturated heterocycles. The van der Waals surface area contributed by atoms with Crippen LogP contribution >= 0.6 is 0 Å². The Hall–Kier alpha value is -3.08. The maximum absolute atomic E-state index is 12.6. The van der Waals surface area contributed by atoms with E-state index in [0.717, 1.165) is 6.42 Å². The van der Waals surface area contributed by atoms with Crippen molar-refractivity contribution in [1.82, 2.24) is 5.43 Å². The topological polar surface area (TPSA) is 58.6 Å². The van der Waals surface area contributed by atoms with Gasteiger partial charge >= 0.3 is 0 Å². The van der Waals surface area contributed by atoms with E-state index in [1.54, 1.807) is 18.2 Å². The minimum atomic E-state index is -0.424. The predicted molar refractivity (Wildman–Crippen MR) is 96.9 cm³/mol. The summed E-state index contributed by atoms with van der Waals surface area (Å²) in [6.45, 7) is 4.02. The Balaban J connectivity index is 1.92. The quantitative estimate of drug-likeness (QED) is 0.673. The van der Waals surface area contributed by atoms with E-state index in [9.17, 15) is 9.59 Å². The van der Waals surface area contributed by atoms with Gasteiger partial charge in [0, 0.05) is 5.56 Å². The van der Waals surface area contributed by atoms with Gasteiger partial charge in [-0.2, -0.15) is 0 Å². The van der Waals surface area contributed by atoms with Gasteiger partial charge in [-0.15, -0.1) is 0 Å². The lowest BCUT2D eigenvalue weighted by Gasteiger charge is -2.15. The summed E-state index contributed by atoms with van der Waals surface area (Å²) in [4.78, 5) is 24.9. The molecule has 5 heteroatoms. The van der Waals surface area contributed by atoms with Gasteiger partial charge in [0.25, 0.3) is 11.8 Å². The molecule has 1 N–H and O–H groups in total. The highest BCUT2D eigenvalue weighted by atomic mass is 16.5. The second-order valence-corrected chi connectivity index (χ2v) is 5.85. The summed E-state index contributed by atoms with van der Waals surface area (Å²) in [6.07, 6.45) is 2.50. The molecule has 0 saturated carbocycles. The summed E-state index contributed by atoms with van der Waals surface area (Å²) in [6, 6.07) is 16.4. The largest absolute Gasteiger partial charge is 0.490 e. The minimum Gasteiger partial charge on any atom is -0.490 e. The number of para-hydroxylation sites is 2. The van der Waals surface area contributed by atoms with E-state index < -0.39 is 5.91 Å². The van der Waals surface area contributed by atoms with Crippen molar-refractivity contribution < 1.29 is 14.3 Å². The molecule has 2 aromatic carbocycles. The molecule has 3 rings (SSSR count). The second-order valence-electron chi connectivity index (χ2n) is 5.85. The van der Waals surface area contributed by atoms with Crippen LogP contribution < -0.4 is 15.2 Å². The number of rotatable bonds is 5. The Labute approximate surface area is 146 Å². The smallest absolute Gasteiger partial charge is 0.282 e. The van der Waals surface area contributed by atoms with Crippen LogP contribution in [0.5, 0.6) is 5.75 Å². The summed E-state index contributed by atoms with van der Waals surface area (Å²) >= 11 is 0. The maximum Gasteiger partial charge on any atom is 0.282 e. The Morgan fingerprint density at radius 1 is 1.08 bits per heavy atom. The van der Waals surface area contributed by atoms with E-state index in [4.69, 9.17) is 4.74 Å². The molecule has 1 aliphatic rings. The third-order valence-corrected chi connectivity index (χ3v) is 4.03. The molecule has 1 aliphatic heterocycles. The van der Waals surface area contributed by atoms with Gasteiger partial charge in [0.05, 0.1) is 11.8 Å². The minimum absolute atomic E-state index is 0.0495. The molecule has 25 heavy (non-hydrogen) atoms. The summed E-state index contributed by atoms with van der Waals surface area (Å²) < 4.78 is 5.89. The molecule has 2 amide bonds. The van der Waals surface area contributed by atoms with Crippen molar-refractivity contribution in [2.24, 2.45) is 0 Å². The van der Waals surface area contributed by atoms with Crippen molar-refractivity contribution >= 4 is 23.6 Å². The zero-order valence-electron chi connectivity index (χ0n) is 14.2. The predicted octanol–water partition coefficient (Wildman–Crippen LogP) is 3.33. The third-order valence-electron chi connectivity index (χ3n) is 4.03. The van der Waals surface area contributed by atoms with Gasteiger partial charge in [0.1, 0.15) is 11.3 Å². The number of nitrogens with one attached hydrogen (secondary N) is 1. The van der Waals surface area contributed by atoms with Crippen LogP contribution in [0.2, 0.25) is 0 Å². The maximum atomic E-state index is 12.6. The average molecular weight is 336 g/mol. The summed E-state index contributed by atoms with van der Waals surface area (Å²) in [5, 5.41) is 1.26. The monoisotopic (exact) mass is 336 g/mol. The zero-order valence-corrected chi connectivity index (χ0v) is 14.2. The third kappa shape index (κ3) is 3.55. The molecular weight excluding hydrogens is 316 g/mol. The summed E-state index contributed by atoms with van der Waals surface area (Å²) in [5.41, 5.74) is 4.01. The Kier molecular flexibility index (Phi) is 4.84. The highest BCUT2D eigenvalue weighted by molar-refractivity contribution is 6.31. The second kappa shape index (κ2) is 7.21. The van der Waals surface area contributed by atoms with Crippen LogP contribution in [0.3, 0.4) is 0 Å². The number of hydrogen-bond donors (Lipinski definition) is 1. The average Bonchev–Trinajstić information content (AvgIpc) is 2.92. The lowest BCUT2D eigenvalue weighted by Crippen LogP contribution is -2.35. The fraction of sp³-hybridized carbons (Fsp3) is 0.200. The zero-order chi connectivity index (χ0) is 17.8. The Morgan fingerprint density at radius 3 is 2.48 bits per heavy atom. The highest BCUT2D eigenvalue weighted by Gasteiger charge is 2.34. The van der Waals surface area contributed by atoms with Gasteiger partial charge in [-0.25, -0.2) is 5.01 Å². The molecule has 128 valence electrons. The molecule has 0 bridgehead atoms. The summed E-state index contributed by atoms with van der Waals surface area (Å²) in [7, 11) is 0. The van der Waals surface area contributed by atoms with Crippen LogP contribution in [0.25, 0.3) is 6.08 Å². The number of carbonyl (C=O) groups excluding carboxylic acids is 2. The number of hydrogen-bond acceptors (Lipinski definition) is 3. The van der Waals surface area contributed by atoms with E-state index in [1.165, 1.54) is 5.01 Å². The lowest BCUT2D eigenvalue weighted by molar-refractivity contribution is -0.117. The first-order valence-corrected chi connectivity index (χ1v) is 8.28. The molecule has 2 aromatic rings. The van der Waals surface area contributed by atoms with Gasteiger partial charge in [0.2, 0.25) is 0 Å². The fourth-order valence-electron chi connectivity index (χ4n) is 2.48. The standard InChI is InChI=1S/C20H20N2O3/c1-3-14(2)25-18-12-8-7-9-15(18)13-17-19(23)21-22(20(17)24)16-10-5-4-6-11-16/h4-14H,3H2,1-2H3,(H,21,23)/b17-13-/t14-/m0/s1. The number of nitrogens with zero attached hydrogens (tertiary/aromatic N) is 1. The molecule has 1 fully saturated rings. The van der Waals surface area contributed by atoms with Crippen LogP contribution in [-0.2, 0) is 9.59 Å². The van der Waals surface area contributed by atoms with Crippen molar-refractivity contribution in [3.63, 3.8) is 0 Å². The molecule has 0 spiro atoms.